The van der Waals surface area contributed by atoms with E-state index in [1.165, 1.54) is 7.11 Å². The summed E-state index contributed by atoms with van der Waals surface area (Å²) < 4.78 is 4.48. The van der Waals surface area contributed by atoms with Gasteiger partial charge in [-0.25, -0.2) is 11.6 Å². The Balaban J connectivity index is 0.000001000. The third-order valence-electron chi connectivity index (χ3n) is 1.33. The van der Waals surface area contributed by atoms with Gasteiger partial charge in [0.2, 0.25) is 0 Å². The SMILES string of the molecule is COC(=O)CC1=[C-]CC=C1.[Ti]. The molecule has 3 heteroatoms. The van der Waals surface area contributed by atoms with Crippen molar-refractivity contribution >= 4 is 5.97 Å². The van der Waals surface area contributed by atoms with Crippen LogP contribution >= 0.6 is 0 Å². The number of allylic oxidation sites excluding steroid dienone is 3. The number of carbonyl (C=O) groups excluding carboxylic acids is 1. The molecule has 0 amide bonds. The molecule has 0 aromatic rings. The minimum Gasteiger partial charge on any atom is -0.469 e. The molecule has 0 atom stereocenters. The number of rotatable bonds is 2. The van der Waals surface area contributed by atoms with Crippen molar-refractivity contribution in [1.82, 2.24) is 0 Å². The van der Waals surface area contributed by atoms with Gasteiger partial charge in [0.05, 0.1) is 7.11 Å². The van der Waals surface area contributed by atoms with Gasteiger partial charge in [-0.15, -0.1) is 6.42 Å². The first-order valence-electron chi connectivity index (χ1n) is 3.16. The molecule has 0 saturated carbocycles. The Morgan fingerprint density at radius 2 is 2.55 bits per heavy atom. The van der Waals surface area contributed by atoms with Crippen molar-refractivity contribution in [2.75, 3.05) is 7.11 Å². The Hall–Kier alpha value is -0.336. The number of hydrogen-bond donors (Lipinski definition) is 0. The molecule has 0 N–H and O–H groups in total. The van der Waals surface area contributed by atoms with E-state index in [-0.39, 0.29) is 27.7 Å². The van der Waals surface area contributed by atoms with E-state index in [1.807, 2.05) is 12.2 Å². The predicted molar refractivity (Wildman–Crippen MR) is 37.1 cm³/mol. The molecule has 0 aromatic heterocycles. The fourth-order valence-corrected chi connectivity index (χ4v) is 0.799. The molecule has 0 unspecified atom stereocenters. The second-order valence-corrected chi connectivity index (χ2v) is 2.06. The summed E-state index contributed by atoms with van der Waals surface area (Å²) in [6.45, 7) is 0. The summed E-state index contributed by atoms with van der Waals surface area (Å²) >= 11 is 0. The van der Waals surface area contributed by atoms with E-state index in [0.29, 0.717) is 6.42 Å². The molecule has 2 nitrogen and oxygen atoms in total. The molecule has 0 aliphatic heterocycles. The van der Waals surface area contributed by atoms with Crippen LogP contribution in [0.25, 0.3) is 0 Å². The molecule has 0 bridgehead atoms. The Morgan fingerprint density at radius 3 is 3.00 bits per heavy atom. The number of esters is 1. The van der Waals surface area contributed by atoms with Gasteiger partial charge in [0.15, 0.2) is 0 Å². The molecule has 0 fully saturated rings. The van der Waals surface area contributed by atoms with Crippen molar-refractivity contribution in [1.29, 1.82) is 0 Å². The van der Waals surface area contributed by atoms with Gasteiger partial charge >= 0.3 is 5.97 Å². The van der Waals surface area contributed by atoms with Crippen LogP contribution in [0.15, 0.2) is 17.7 Å². The van der Waals surface area contributed by atoms with E-state index in [1.54, 1.807) is 0 Å². The van der Waals surface area contributed by atoms with Crippen molar-refractivity contribution in [3.05, 3.63) is 23.8 Å². The zero-order chi connectivity index (χ0) is 7.40. The number of carbonyl (C=O) groups is 1. The van der Waals surface area contributed by atoms with E-state index >= 15 is 0 Å². The van der Waals surface area contributed by atoms with Crippen LogP contribution in [-0.4, -0.2) is 13.1 Å². The summed E-state index contributed by atoms with van der Waals surface area (Å²) in [7, 11) is 1.39. The van der Waals surface area contributed by atoms with E-state index < -0.39 is 0 Å². The Morgan fingerprint density at radius 1 is 1.82 bits per heavy atom. The Labute approximate surface area is 81.2 Å². The third-order valence-corrected chi connectivity index (χ3v) is 1.33. The smallest absolute Gasteiger partial charge is 0.306 e. The van der Waals surface area contributed by atoms with Crippen molar-refractivity contribution in [3.8, 4) is 0 Å². The van der Waals surface area contributed by atoms with Crippen LogP contribution in [0, 0.1) is 6.08 Å². The van der Waals surface area contributed by atoms with Crippen LogP contribution in [-0.2, 0) is 31.2 Å². The monoisotopic (exact) mass is 185 g/mol. The van der Waals surface area contributed by atoms with Crippen molar-refractivity contribution < 1.29 is 31.2 Å². The molecule has 0 spiro atoms. The number of methoxy groups -OCH3 is 1. The van der Waals surface area contributed by atoms with Crippen molar-refractivity contribution in [3.63, 3.8) is 0 Å². The van der Waals surface area contributed by atoms with Gasteiger partial charge in [-0.1, -0.05) is 0 Å². The minimum atomic E-state index is -0.200. The number of hydrogen-bond acceptors (Lipinski definition) is 2. The quantitative estimate of drug-likeness (QED) is 0.367. The molecule has 0 aromatic carbocycles. The van der Waals surface area contributed by atoms with Crippen molar-refractivity contribution in [2.24, 2.45) is 0 Å². The molecule has 58 valence electrons. The fourth-order valence-electron chi connectivity index (χ4n) is 0.799. The van der Waals surface area contributed by atoms with Gasteiger partial charge < -0.3 is 4.74 Å². The van der Waals surface area contributed by atoms with Gasteiger partial charge in [-0.2, -0.15) is 6.08 Å². The zero-order valence-corrected chi connectivity index (χ0v) is 7.95. The van der Waals surface area contributed by atoms with Crippen LogP contribution in [0.5, 0.6) is 0 Å². The minimum absolute atomic E-state index is 0. The summed E-state index contributed by atoms with van der Waals surface area (Å²) in [4.78, 5) is 10.7. The van der Waals surface area contributed by atoms with Crippen LogP contribution < -0.4 is 0 Å². The Bertz CT molecular complexity index is 194. The molecule has 1 rings (SSSR count). The maximum atomic E-state index is 10.7. The first-order chi connectivity index (χ1) is 4.83. The van der Waals surface area contributed by atoms with Crippen LogP contribution in [0.3, 0.4) is 0 Å². The molecule has 1 aliphatic carbocycles. The fraction of sp³-hybridized carbons (Fsp3) is 0.375. The van der Waals surface area contributed by atoms with Gasteiger partial charge in [-0.05, 0) is 0 Å². The molecule has 1 aliphatic rings. The average molecular weight is 185 g/mol. The maximum Gasteiger partial charge on any atom is 0.306 e. The molecule has 0 saturated heterocycles. The summed E-state index contributed by atoms with van der Waals surface area (Å²) in [5.74, 6) is -0.200. The van der Waals surface area contributed by atoms with Gasteiger partial charge in [-0.3, -0.25) is 10.9 Å². The molecule has 0 heterocycles. The zero-order valence-electron chi connectivity index (χ0n) is 6.39. The Kier molecular flexibility index (Phi) is 5.17. The standard InChI is InChI=1S/C8H9O2.Ti/c1-10-8(9)6-7-4-2-3-5-7;/h2,4H,3,6H2,1H3;/q-1;. The number of ether oxygens (including phenoxy) is 1. The van der Waals surface area contributed by atoms with E-state index in [9.17, 15) is 4.79 Å². The second-order valence-electron chi connectivity index (χ2n) is 2.06. The third kappa shape index (κ3) is 3.54. The largest absolute Gasteiger partial charge is 0.469 e. The first-order valence-corrected chi connectivity index (χ1v) is 3.16. The first kappa shape index (κ1) is 10.7. The summed E-state index contributed by atoms with van der Waals surface area (Å²) in [6, 6.07) is 0. The van der Waals surface area contributed by atoms with E-state index in [4.69, 9.17) is 0 Å². The normalized spacial score (nSPS) is 13.7. The predicted octanol–water partition coefficient (Wildman–Crippen LogP) is 1.24. The molecule has 0 radical (unpaired) electrons. The van der Waals surface area contributed by atoms with Crippen molar-refractivity contribution in [2.45, 2.75) is 12.8 Å². The average Bonchev–Trinajstić information content (AvgIpc) is 2.40. The van der Waals surface area contributed by atoms with Crippen LogP contribution in [0.4, 0.5) is 0 Å². The molecular formula is C8H9O2Ti-. The summed E-state index contributed by atoms with van der Waals surface area (Å²) in [5, 5.41) is 0. The topological polar surface area (TPSA) is 26.3 Å². The van der Waals surface area contributed by atoms with Crippen LogP contribution in [0.1, 0.15) is 12.8 Å². The van der Waals surface area contributed by atoms with Gasteiger partial charge in [0.1, 0.15) is 0 Å². The van der Waals surface area contributed by atoms with E-state index in [2.05, 4.69) is 10.8 Å². The summed E-state index contributed by atoms with van der Waals surface area (Å²) in [6.07, 6.45) is 8.08. The second kappa shape index (κ2) is 5.33. The van der Waals surface area contributed by atoms with E-state index in [0.717, 1.165) is 12.0 Å². The molecule has 11 heavy (non-hydrogen) atoms. The molecular weight excluding hydrogens is 176 g/mol. The maximum absolute atomic E-state index is 10.7. The van der Waals surface area contributed by atoms with Crippen LogP contribution in [0.2, 0.25) is 0 Å². The summed E-state index contributed by atoms with van der Waals surface area (Å²) in [5.41, 5.74) is 0.937. The van der Waals surface area contributed by atoms with Gasteiger partial charge in [0.25, 0.3) is 0 Å². The van der Waals surface area contributed by atoms with Gasteiger partial charge in [0, 0.05) is 28.1 Å².